The normalized spacial score (nSPS) is 30.2. The van der Waals surface area contributed by atoms with Gasteiger partial charge in [-0.1, -0.05) is 31.8 Å². The maximum Gasteiger partial charge on any atom is 0.155 e. The average molecular weight is 234 g/mol. The van der Waals surface area contributed by atoms with Crippen LogP contribution in [-0.4, -0.2) is 5.78 Å². The summed E-state index contributed by atoms with van der Waals surface area (Å²) < 4.78 is 0. The number of hydrogen-bond acceptors (Lipinski definition) is 1. The number of unbranched alkanes of at least 4 members (excludes halogenated alkanes) is 1. The van der Waals surface area contributed by atoms with Crippen LogP contribution in [0.25, 0.3) is 0 Å². The molecule has 0 aromatic rings. The van der Waals surface area contributed by atoms with Gasteiger partial charge in [0, 0.05) is 6.42 Å². The zero-order valence-corrected chi connectivity index (χ0v) is 11.2. The highest BCUT2D eigenvalue weighted by Gasteiger charge is 2.25. The number of carbonyl (C=O) groups excluding carboxylic acids is 1. The molecule has 0 aliphatic heterocycles. The summed E-state index contributed by atoms with van der Waals surface area (Å²) in [5, 5.41) is 0. The van der Waals surface area contributed by atoms with Crippen LogP contribution < -0.4 is 0 Å². The Labute approximate surface area is 106 Å². The van der Waals surface area contributed by atoms with Crippen molar-refractivity contribution in [2.45, 2.75) is 71.1 Å². The lowest BCUT2D eigenvalue weighted by atomic mass is 9.74. The molecule has 1 heteroatoms. The van der Waals surface area contributed by atoms with E-state index < -0.39 is 0 Å². The van der Waals surface area contributed by atoms with Gasteiger partial charge in [0.25, 0.3) is 0 Å². The van der Waals surface area contributed by atoms with Crippen LogP contribution in [0.3, 0.4) is 0 Å². The van der Waals surface area contributed by atoms with Crippen molar-refractivity contribution in [1.29, 1.82) is 0 Å². The summed E-state index contributed by atoms with van der Waals surface area (Å²) >= 11 is 0. The van der Waals surface area contributed by atoms with E-state index in [0.717, 1.165) is 24.7 Å². The molecule has 0 radical (unpaired) electrons. The molecule has 1 nitrogen and oxygen atoms in total. The van der Waals surface area contributed by atoms with Gasteiger partial charge in [-0.15, -0.1) is 0 Å². The van der Waals surface area contributed by atoms with Crippen molar-refractivity contribution in [1.82, 2.24) is 0 Å². The molecule has 2 aliphatic rings. The molecule has 2 rings (SSSR count). The highest BCUT2D eigenvalue weighted by molar-refractivity contribution is 5.91. The van der Waals surface area contributed by atoms with E-state index in [-0.39, 0.29) is 0 Å². The monoisotopic (exact) mass is 234 g/mol. The van der Waals surface area contributed by atoms with Gasteiger partial charge >= 0.3 is 0 Å². The summed E-state index contributed by atoms with van der Waals surface area (Å²) in [6.07, 6.45) is 14.7. The van der Waals surface area contributed by atoms with Crippen molar-refractivity contribution in [3.63, 3.8) is 0 Å². The lowest BCUT2D eigenvalue weighted by Gasteiger charge is -2.31. The number of allylic oxidation sites excluding steroid dienone is 2. The van der Waals surface area contributed by atoms with E-state index in [9.17, 15) is 4.79 Å². The van der Waals surface area contributed by atoms with Gasteiger partial charge in [-0.05, 0) is 56.4 Å². The second kappa shape index (κ2) is 6.37. The summed E-state index contributed by atoms with van der Waals surface area (Å²) in [6, 6.07) is 0. The summed E-state index contributed by atoms with van der Waals surface area (Å²) in [5.74, 6) is 2.10. The highest BCUT2D eigenvalue weighted by atomic mass is 16.1. The first-order chi connectivity index (χ1) is 8.29. The van der Waals surface area contributed by atoms with Gasteiger partial charge in [0.05, 0.1) is 0 Å². The van der Waals surface area contributed by atoms with Crippen LogP contribution in [-0.2, 0) is 4.79 Å². The summed E-state index contributed by atoms with van der Waals surface area (Å²) in [7, 11) is 0. The van der Waals surface area contributed by atoms with Gasteiger partial charge < -0.3 is 0 Å². The minimum Gasteiger partial charge on any atom is -0.295 e. The Bertz CT molecular complexity index is 282. The fourth-order valence-corrected chi connectivity index (χ4v) is 3.45. The molecule has 17 heavy (non-hydrogen) atoms. The third-order valence-corrected chi connectivity index (χ3v) is 4.57. The molecule has 1 saturated carbocycles. The molecule has 1 fully saturated rings. The lowest BCUT2D eigenvalue weighted by molar-refractivity contribution is -0.115. The molecule has 0 heterocycles. The molecule has 96 valence electrons. The molecule has 2 aliphatic carbocycles. The second-order valence-corrected chi connectivity index (χ2v) is 5.90. The van der Waals surface area contributed by atoms with E-state index in [1.165, 1.54) is 56.9 Å². The molecular formula is C16H26O. The van der Waals surface area contributed by atoms with Crippen LogP contribution in [0.15, 0.2) is 11.6 Å². The predicted molar refractivity (Wildman–Crippen MR) is 71.9 cm³/mol. The molecule has 0 saturated heterocycles. The van der Waals surface area contributed by atoms with Gasteiger partial charge in [-0.3, -0.25) is 4.79 Å². The van der Waals surface area contributed by atoms with Crippen molar-refractivity contribution in [3.8, 4) is 0 Å². The molecule has 0 bridgehead atoms. The maximum absolute atomic E-state index is 11.4. The van der Waals surface area contributed by atoms with Crippen LogP contribution in [0.5, 0.6) is 0 Å². The smallest absolute Gasteiger partial charge is 0.155 e. The number of hydrogen-bond donors (Lipinski definition) is 0. The van der Waals surface area contributed by atoms with Gasteiger partial charge in [0.2, 0.25) is 0 Å². The summed E-state index contributed by atoms with van der Waals surface area (Å²) in [6.45, 7) is 2.28. The van der Waals surface area contributed by atoms with Crippen LogP contribution in [0.1, 0.15) is 71.1 Å². The van der Waals surface area contributed by atoms with Crippen molar-refractivity contribution in [3.05, 3.63) is 11.6 Å². The maximum atomic E-state index is 11.4. The predicted octanol–water partition coefficient (Wildman–Crippen LogP) is 4.66. The topological polar surface area (TPSA) is 17.1 Å². The number of ketones is 1. The first-order valence-electron chi connectivity index (χ1n) is 7.53. The molecule has 0 atom stereocenters. The number of carbonyl (C=O) groups is 1. The van der Waals surface area contributed by atoms with Gasteiger partial charge in [-0.2, -0.15) is 0 Å². The fourth-order valence-electron chi connectivity index (χ4n) is 3.45. The summed E-state index contributed by atoms with van der Waals surface area (Å²) in [4.78, 5) is 11.4. The SMILES string of the molecule is CCCCC1CCC(C2=CC(=O)CCC2)CC1. The van der Waals surface area contributed by atoms with E-state index >= 15 is 0 Å². The quantitative estimate of drug-likeness (QED) is 0.691. The molecular weight excluding hydrogens is 208 g/mol. The van der Waals surface area contributed by atoms with E-state index in [1.54, 1.807) is 0 Å². The standard InChI is InChI=1S/C16H26O/c1-2-3-5-13-8-10-14(11-9-13)15-6-4-7-16(17)12-15/h12-14H,2-11H2,1H3. The lowest BCUT2D eigenvalue weighted by Crippen LogP contribution is -2.18. The van der Waals surface area contributed by atoms with Gasteiger partial charge in [0.15, 0.2) is 5.78 Å². The zero-order valence-electron chi connectivity index (χ0n) is 11.2. The minimum absolute atomic E-state index is 0.374. The zero-order chi connectivity index (χ0) is 12.1. The van der Waals surface area contributed by atoms with Crippen molar-refractivity contribution >= 4 is 5.78 Å². The first-order valence-corrected chi connectivity index (χ1v) is 7.53. The fraction of sp³-hybridized carbons (Fsp3) is 0.812. The Morgan fingerprint density at radius 1 is 1.18 bits per heavy atom. The second-order valence-electron chi connectivity index (χ2n) is 5.90. The Morgan fingerprint density at radius 3 is 2.59 bits per heavy atom. The molecule has 0 aromatic heterocycles. The van der Waals surface area contributed by atoms with E-state index in [1.807, 2.05) is 6.08 Å². The van der Waals surface area contributed by atoms with Gasteiger partial charge in [-0.25, -0.2) is 0 Å². The molecule has 0 spiro atoms. The Morgan fingerprint density at radius 2 is 1.94 bits per heavy atom. The first kappa shape index (κ1) is 12.9. The molecule has 0 amide bonds. The van der Waals surface area contributed by atoms with Crippen LogP contribution in [0.2, 0.25) is 0 Å². The average Bonchev–Trinajstić information content (AvgIpc) is 2.37. The Balaban J connectivity index is 1.80. The van der Waals surface area contributed by atoms with Crippen molar-refractivity contribution in [2.75, 3.05) is 0 Å². The van der Waals surface area contributed by atoms with Crippen LogP contribution in [0.4, 0.5) is 0 Å². The van der Waals surface area contributed by atoms with E-state index in [4.69, 9.17) is 0 Å². The summed E-state index contributed by atoms with van der Waals surface area (Å²) in [5.41, 5.74) is 1.48. The van der Waals surface area contributed by atoms with Crippen molar-refractivity contribution < 1.29 is 4.79 Å². The highest BCUT2D eigenvalue weighted by Crippen LogP contribution is 2.38. The van der Waals surface area contributed by atoms with E-state index in [0.29, 0.717) is 5.78 Å². The minimum atomic E-state index is 0.374. The van der Waals surface area contributed by atoms with E-state index in [2.05, 4.69) is 6.92 Å². The largest absolute Gasteiger partial charge is 0.295 e. The molecule has 0 aromatic carbocycles. The molecule has 0 N–H and O–H groups in total. The third kappa shape index (κ3) is 3.69. The number of rotatable bonds is 4. The van der Waals surface area contributed by atoms with Gasteiger partial charge in [0.1, 0.15) is 0 Å². The van der Waals surface area contributed by atoms with Crippen LogP contribution >= 0.6 is 0 Å². The van der Waals surface area contributed by atoms with Crippen molar-refractivity contribution in [2.24, 2.45) is 11.8 Å². The third-order valence-electron chi connectivity index (χ3n) is 4.57. The molecule has 0 unspecified atom stereocenters. The Kier molecular flexibility index (Phi) is 4.82. The van der Waals surface area contributed by atoms with Crippen LogP contribution in [0, 0.1) is 11.8 Å². The Hall–Kier alpha value is -0.590.